The molecule has 1 aromatic heterocycles. The lowest BCUT2D eigenvalue weighted by Crippen LogP contribution is -2.02. The van der Waals surface area contributed by atoms with Crippen molar-refractivity contribution in [3.05, 3.63) is 107 Å². The van der Waals surface area contributed by atoms with Gasteiger partial charge in [-0.15, -0.1) is 0 Å². The van der Waals surface area contributed by atoms with Gasteiger partial charge in [-0.1, -0.05) is 72.8 Å². The zero-order valence-corrected chi connectivity index (χ0v) is 14.6. The van der Waals surface area contributed by atoms with E-state index in [4.69, 9.17) is 4.42 Å². The van der Waals surface area contributed by atoms with Crippen molar-refractivity contribution in [3.8, 4) is 22.3 Å². The van der Waals surface area contributed by atoms with Crippen LogP contribution in [0.2, 0.25) is 0 Å². The van der Waals surface area contributed by atoms with E-state index < -0.39 is 0 Å². The highest BCUT2D eigenvalue weighted by atomic mass is 16.3. The molecule has 27 heavy (non-hydrogen) atoms. The van der Waals surface area contributed by atoms with E-state index in [1.54, 1.807) is 0 Å². The van der Waals surface area contributed by atoms with Gasteiger partial charge < -0.3 is 4.42 Å². The summed E-state index contributed by atoms with van der Waals surface area (Å²) in [5.41, 5.74) is 5.40. The lowest BCUT2D eigenvalue weighted by Gasteiger charge is -2.07. The smallest absolute Gasteiger partial charge is 0.200 e. The Hall–Kier alpha value is -3.65. The molecule has 0 spiro atoms. The first-order valence-electron chi connectivity index (χ1n) is 8.91. The molecular formula is C25H16O2. The predicted octanol–water partition coefficient (Wildman–Crippen LogP) is 6.28. The van der Waals surface area contributed by atoms with E-state index in [1.807, 2.05) is 97.1 Å². The van der Waals surface area contributed by atoms with Crippen LogP contribution in [0.5, 0.6) is 0 Å². The number of rotatable bonds is 2. The van der Waals surface area contributed by atoms with E-state index in [0.717, 1.165) is 22.3 Å². The van der Waals surface area contributed by atoms with Gasteiger partial charge >= 0.3 is 0 Å². The molecule has 1 heterocycles. The van der Waals surface area contributed by atoms with Crippen LogP contribution in [-0.2, 0) is 0 Å². The van der Waals surface area contributed by atoms with Gasteiger partial charge in [0.25, 0.3) is 0 Å². The first kappa shape index (κ1) is 15.6. The molecule has 128 valence electrons. The van der Waals surface area contributed by atoms with E-state index in [9.17, 15) is 4.79 Å². The van der Waals surface area contributed by atoms with Gasteiger partial charge in [0.2, 0.25) is 5.43 Å². The highest BCUT2D eigenvalue weighted by Gasteiger charge is 2.10. The average Bonchev–Trinajstić information content (AvgIpc) is 2.75. The summed E-state index contributed by atoms with van der Waals surface area (Å²) in [7, 11) is 0. The SMILES string of the molecule is O=c1c2cc(-c3ccccc3)ccc2oc2ccc(-c3ccccc3)cc12. The van der Waals surface area contributed by atoms with E-state index in [1.165, 1.54) is 0 Å². The van der Waals surface area contributed by atoms with E-state index in [0.29, 0.717) is 21.9 Å². The maximum Gasteiger partial charge on any atom is 0.200 e. The summed E-state index contributed by atoms with van der Waals surface area (Å²) in [4.78, 5) is 13.2. The molecule has 0 aliphatic heterocycles. The summed E-state index contributed by atoms with van der Waals surface area (Å²) in [5.74, 6) is 0. The Morgan fingerprint density at radius 3 is 1.37 bits per heavy atom. The molecule has 5 aromatic rings. The zero-order valence-electron chi connectivity index (χ0n) is 14.6. The van der Waals surface area contributed by atoms with E-state index >= 15 is 0 Å². The minimum atomic E-state index is 0.00168. The maximum absolute atomic E-state index is 13.2. The minimum Gasteiger partial charge on any atom is -0.456 e. The van der Waals surface area contributed by atoms with Gasteiger partial charge in [-0.25, -0.2) is 0 Å². The zero-order chi connectivity index (χ0) is 18.2. The lowest BCUT2D eigenvalue weighted by molar-refractivity contribution is 0.660. The highest BCUT2D eigenvalue weighted by Crippen LogP contribution is 2.27. The number of hydrogen-bond donors (Lipinski definition) is 0. The molecule has 0 radical (unpaired) electrons. The van der Waals surface area contributed by atoms with Gasteiger partial charge in [0.15, 0.2) is 0 Å². The lowest BCUT2D eigenvalue weighted by atomic mass is 10.0. The topological polar surface area (TPSA) is 30.2 Å². The Balaban J connectivity index is 1.75. The highest BCUT2D eigenvalue weighted by molar-refractivity contribution is 5.93. The third kappa shape index (κ3) is 2.72. The second-order valence-electron chi connectivity index (χ2n) is 6.59. The molecular weight excluding hydrogens is 332 g/mol. The monoisotopic (exact) mass is 348 g/mol. The second-order valence-corrected chi connectivity index (χ2v) is 6.59. The van der Waals surface area contributed by atoms with Crippen molar-refractivity contribution in [1.82, 2.24) is 0 Å². The Morgan fingerprint density at radius 1 is 0.481 bits per heavy atom. The Kier molecular flexibility index (Phi) is 3.61. The fraction of sp³-hybridized carbons (Fsp3) is 0. The Labute approximate surface area is 156 Å². The number of fused-ring (bicyclic) bond motifs is 2. The molecule has 0 unspecified atom stereocenters. The van der Waals surface area contributed by atoms with Crippen LogP contribution in [0.25, 0.3) is 44.2 Å². The third-order valence-corrected chi connectivity index (χ3v) is 4.88. The predicted molar refractivity (Wildman–Crippen MR) is 111 cm³/mol. The molecule has 0 amide bonds. The summed E-state index contributed by atoms with van der Waals surface area (Å²) in [6.07, 6.45) is 0. The maximum atomic E-state index is 13.2. The van der Waals surface area contributed by atoms with Gasteiger partial charge in [0.05, 0.1) is 10.8 Å². The standard InChI is InChI=1S/C25H16O2/c26-25-21-15-19(17-7-3-1-4-8-17)11-13-23(21)27-24-14-12-20(16-22(24)25)18-9-5-2-6-10-18/h1-16H. The minimum absolute atomic E-state index is 0.00168. The van der Waals surface area contributed by atoms with Crippen molar-refractivity contribution in [3.63, 3.8) is 0 Å². The van der Waals surface area contributed by atoms with Crippen molar-refractivity contribution >= 4 is 21.9 Å². The van der Waals surface area contributed by atoms with Crippen LogP contribution >= 0.6 is 0 Å². The molecule has 0 bridgehead atoms. The van der Waals surface area contributed by atoms with Crippen molar-refractivity contribution in [2.45, 2.75) is 0 Å². The summed E-state index contributed by atoms with van der Waals surface area (Å²) in [6, 6.07) is 31.7. The molecule has 4 aromatic carbocycles. The molecule has 0 aliphatic carbocycles. The average molecular weight is 348 g/mol. The van der Waals surface area contributed by atoms with Crippen molar-refractivity contribution < 1.29 is 4.42 Å². The Bertz CT molecular complexity index is 1220. The van der Waals surface area contributed by atoms with Gasteiger partial charge in [0.1, 0.15) is 11.2 Å². The van der Waals surface area contributed by atoms with Gasteiger partial charge in [-0.05, 0) is 46.5 Å². The molecule has 0 fully saturated rings. The van der Waals surface area contributed by atoms with Crippen LogP contribution in [0.1, 0.15) is 0 Å². The van der Waals surface area contributed by atoms with E-state index in [-0.39, 0.29) is 5.43 Å². The van der Waals surface area contributed by atoms with Crippen LogP contribution in [0.15, 0.2) is 106 Å². The third-order valence-electron chi connectivity index (χ3n) is 4.88. The summed E-state index contributed by atoms with van der Waals surface area (Å²) >= 11 is 0. The first-order chi connectivity index (χ1) is 13.3. The summed E-state index contributed by atoms with van der Waals surface area (Å²) in [6.45, 7) is 0. The fourth-order valence-corrected chi connectivity index (χ4v) is 3.48. The fourth-order valence-electron chi connectivity index (χ4n) is 3.48. The molecule has 0 saturated heterocycles. The molecule has 0 atom stereocenters. The van der Waals surface area contributed by atoms with Gasteiger partial charge in [-0.2, -0.15) is 0 Å². The normalized spacial score (nSPS) is 11.1. The largest absolute Gasteiger partial charge is 0.456 e. The molecule has 0 aliphatic rings. The number of benzene rings is 4. The van der Waals surface area contributed by atoms with Crippen LogP contribution in [-0.4, -0.2) is 0 Å². The van der Waals surface area contributed by atoms with Crippen molar-refractivity contribution in [2.24, 2.45) is 0 Å². The molecule has 0 saturated carbocycles. The summed E-state index contributed by atoms with van der Waals surface area (Å²) in [5, 5.41) is 1.21. The molecule has 2 heteroatoms. The molecule has 5 rings (SSSR count). The van der Waals surface area contributed by atoms with Crippen LogP contribution in [0.3, 0.4) is 0 Å². The van der Waals surface area contributed by atoms with Crippen molar-refractivity contribution in [1.29, 1.82) is 0 Å². The van der Waals surface area contributed by atoms with Gasteiger partial charge in [-0.3, -0.25) is 4.79 Å². The summed E-state index contributed by atoms with van der Waals surface area (Å²) < 4.78 is 6.01. The quantitative estimate of drug-likeness (QED) is 0.351. The van der Waals surface area contributed by atoms with Crippen LogP contribution in [0, 0.1) is 0 Å². The van der Waals surface area contributed by atoms with E-state index in [2.05, 4.69) is 0 Å². The van der Waals surface area contributed by atoms with Crippen LogP contribution < -0.4 is 5.43 Å². The molecule has 2 nitrogen and oxygen atoms in total. The number of hydrogen-bond acceptors (Lipinski definition) is 2. The van der Waals surface area contributed by atoms with Crippen LogP contribution in [0.4, 0.5) is 0 Å². The van der Waals surface area contributed by atoms with Crippen molar-refractivity contribution in [2.75, 3.05) is 0 Å². The second kappa shape index (κ2) is 6.26. The Morgan fingerprint density at radius 2 is 0.926 bits per heavy atom. The first-order valence-corrected chi connectivity index (χ1v) is 8.91. The molecule has 0 N–H and O–H groups in total. The van der Waals surface area contributed by atoms with Gasteiger partial charge in [0, 0.05) is 0 Å².